The van der Waals surface area contributed by atoms with Crippen molar-refractivity contribution in [3.63, 3.8) is 0 Å². The van der Waals surface area contributed by atoms with Crippen molar-refractivity contribution in [1.82, 2.24) is 4.98 Å². The second-order valence-electron chi connectivity index (χ2n) is 4.78. The van der Waals surface area contributed by atoms with E-state index < -0.39 is 0 Å². The summed E-state index contributed by atoms with van der Waals surface area (Å²) >= 11 is 0. The molecule has 0 N–H and O–H groups in total. The van der Waals surface area contributed by atoms with E-state index in [0.29, 0.717) is 0 Å². The van der Waals surface area contributed by atoms with Crippen molar-refractivity contribution in [2.24, 2.45) is 0 Å². The Labute approximate surface area is 179 Å². The molecule has 1 aliphatic rings. The van der Waals surface area contributed by atoms with Crippen LogP contribution in [0.25, 0.3) is 0 Å². The van der Waals surface area contributed by atoms with Gasteiger partial charge in [-0.05, 0) is 24.3 Å². The number of rotatable bonds is 2. The van der Waals surface area contributed by atoms with Crippen LogP contribution < -0.4 is 9.62 Å². The first-order valence-electron chi connectivity index (χ1n) is 7.53. The summed E-state index contributed by atoms with van der Waals surface area (Å²) in [5, 5.41) is 6.25. The van der Waals surface area contributed by atoms with E-state index in [2.05, 4.69) is 60.0 Å². The minimum absolute atomic E-state index is 0. The molecule has 0 fully saturated rings. The van der Waals surface area contributed by atoms with Gasteiger partial charge in [0.05, 0.1) is 11.4 Å². The molecule has 0 saturated carbocycles. The molecule has 0 bridgehead atoms. The van der Waals surface area contributed by atoms with Crippen LogP contribution in [0.15, 0.2) is 72.9 Å². The molecule has 4 rings (SSSR count). The third-order valence-corrected chi connectivity index (χ3v) is 3.48. The number of fused-ring (bicyclic) bond motifs is 1. The Morgan fingerprint density at radius 1 is 0.857 bits per heavy atom. The molecule has 0 spiro atoms. The molecule has 2 heterocycles. The van der Waals surface area contributed by atoms with E-state index in [1.54, 1.807) is 0 Å². The SMILES string of the molecule is [B]1N(c2[c-]cccc2)c2ccccc2N1c1ccccn1.[C-]#N.[CH-]=O.[CH-]=O.[Ir]. The summed E-state index contributed by atoms with van der Waals surface area (Å²) < 4.78 is 0. The molecule has 0 saturated heterocycles. The number of nitrogens with zero attached hydrogens (tertiary/aromatic N) is 4. The van der Waals surface area contributed by atoms with Gasteiger partial charge in [-0.25, -0.2) is 4.98 Å². The van der Waals surface area contributed by atoms with Crippen molar-refractivity contribution in [3.8, 4) is 0 Å². The van der Waals surface area contributed by atoms with Crippen LogP contribution in [-0.2, 0) is 29.7 Å². The number of pyridine rings is 1. The van der Waals surface area contributed by atoms with Gasteiger partial charge in [0.25, 0.3) is 0 Å². The third-order valence-electron chi connectivity index (χ3n) is 3.48. The van der Waals surface area contributed by atoms with Gasteiger partial charge in [-0.1, -0.05) is 23.9 Å². The molecular formula is C20H14BIrN4O2-4. The smallest absolute Gasteiger partial charge is 0.400 e. The van der Waals surface area contributed by atoms with Gasteiger partial charge >= 0.3 is 7.55 Å². The van der Waals surface area contributed by atoms with Gasteiger partial charge in [0.1, 0.15) is 5.82 Å². The molecule has 6 nitrogen and oxygen atoms in total. The Bertz CT molecular complexity index is 771. The van der Waals surface area contributed by atoms with Crippen molar-refractivity contribution in [2.75, 3.05) is 9.62 Å². The Hall–Kier alpha value is -3.27. The van der Waals surface area contributed by atoms with Crippen molar-refractivity contribution in [3.05, 3.63) is 85.6 Å². The quantitative estimate of drug-likeness (QED) is 0.280. The standard InChI is InChI=1S/C17H12BN3.CN.2CHO.Ir/c1-2-8-14(9-3-1)20-15-10-4-5-11-16(15)21(18-20)17-12-6-7-13-19-17;3*1-2;/h1-8,10-13H;;2*1H;/q4*-1;. The van der Waals surface area contributed by atoms with Crippen molar-refractivity contribution in [2.45, 2.75) is 0 Å². The van der Waals surface area contributed by atoms with Gasteiger partial charge in [-0.15, -0.1) is 6.07 Å². The molecule has 2 aromatic carbocycles. The third kappa shape index (κ3) is 5.61. The van der Waals surface area contributed by atoms with Crippen LogP contribution in [-0.4, -0.2) is 26.1 Å². The van der Waals surface area contributed by atoms with Crippen LogP contribution in [0.3, 0.4) is 0 Å². The fourth-order valence-electron chi connectivity index (χ4n) is 2.52. The van der Waals surface area contributed by atoms with Crippen LogP contribution in [0.1, 0.15) is 0 Å². The van der Waals surface area contributed by atoms with Crippen molar-refractivity contribution < 1.29 is 29.7 Å². The molecule has 28 heavy (non-hydrogen) atoms. The number of para-hydroxylation sites is 3. The van der Waals surface area contributed by atoms with Gasteiger partial charge in [0.2, 0.25) is 0 Å². The average Bonchev–Trinajstić information content (AvgIpc) is 3.19. The van der Waals surface area contributed by atoms with Gasteiger partial charge < -0.3 is 31.0 Å². The minimum atomic E-state index is 0. The van der Waals surface area contributed by atoms with Gasteiger partial charge in [0, 0.05) is 26.3 Å². The Morgan fingerprint density at radius 3 is 1.96 bits per heavy atom. The van der Waals surface area contributed by atoms with Gasteiger partial charge in [-0.2, -0.15) is 24.3 Å². The van der Waals surface area contributed by atoms with Gasteiger partial charge in [0.15, 0.2) is 0 Å². The zero-order valence-electron chi connectivity index (χ0n) is 14.6. The summed E-state index contributed by atoms with van der Waals surface area (Å²) in [6.45, 7) is 11.2. The van der Waals surface area contributed by atoms with E-state index in [1.165, 1.54) is 0 Å². The first-order valence-corrected chi connectivity index (χ1v) is 7.53. The van der Waals surface area contributed by atoms with Crippen molar-refractivity contribution >= 4 is 44.0 Å². The van der Waals surface area contributed by atoms with Crippen LogP contribution >= 0.6 is 0 Å². The van der Waals surface area contributed by atoms with Crippen molar-refractivity contribution in [1.29, 1.82) is 5.26 Å². The van der Waals surface area contributed by atoms with E-state index in [4.69, 9.17) is 21.4 Å². The van der Waals surface area contributed by atoms with Crippen LogP contribution in [0.5, 0.6) is 0 Å². The van der Waals surface area contributed by atoms with Crippen LogP contribution in [0.4, 0.5) is 22.9 Å². The van der Waals surface area contributed by atoms with Crippen LogP contribution in [0, 0.1) is 17.9 Å². The largest absolute Gasteiger partial charge is 0.545 e. The first kappa shape index (κ1) is 24.7. The predicted molar refractivity (Wildman–Crippen MR) is 104 cm³/mol. The zero-order chi connectivity index (χ0) is 20.1. The molecular weight excluding hydrogens is 531 g/mol. The molecule has 2 radical (unpaired) electrons. The van der Waals surface area contributed by atoms with Gasteiger partial charge in [-0.3, -0.25) is 13.6 Å². The maximum Gasteiger partial charge on any atom is 0.400 e. The summed E-state index contributed by atoms with van der Waals surface area (Å²) in [6.07, 6.45) is 1.81. The number of hydrogen-bond donors (Lipinski definition) is 0. The molecule has 1 aromatic heterocycles. The number of carbonyl (C=O) groups excluding carboxylic acids is 2. The first-order chi connectivity index (χ1) is 13.4. The maximum absolute atomic E-state index is 7.75. The normalized spacial score (nSPS) is 10.1. The average molecular weight is 545 g/mol. The van der Waals surface area contributed by atoms with E-state index >= 15 is 0 Å². The second kappa shape index (κ2) is 13.9. The summed E-state index contributed by atoms with van der Waals surface area (Å²) in [7, 11) is 2.05. The summed E-state index contributed by atoms with van der Waals surface area (Å²) in [5.74, 6) is 0.906. The van der Waals surface area contributed by atoms with Crippen LogP contribution in [0.2, 0.25) is 0 Å². The Kier molecular flexibility index (Phi) is 12.3. The number of hydrogen-bond acceptors (Lipinski definition) is 6. The number of anilines is 4. The molecule has 0 amide bonds. The Balaban J connectivity index is 0.000000957. The molecule has 0 aliphatic carbocycles. The van der Waals surface area contributed by atoms with E-state index in [9.17, 15) is 0 Å². The molecule has 8 heteroatoms. The summed E-state index contributed by atoms with van der Waals surface area (Å²) in [6, 6.07) is 25.5. The fraction of sp³-hybridized carbons (Fsp3) is 0. The molecule has 0 atom stereocenters. The number of aromatic nitrogens is 1. The maximum atomic E-state index is 7.75. The van der Waals surface area contributed by atoms with E-state index in [0.717, 1.165) is 22.9 Å². The summed E-state index contributed by atoms with van der Waals surface area (Å²) in [5.41, 5.74) is 3.27. The topological polar surface area (TPSA) is 77.3 Å². The van der Waals surface area contributed by atoms with E-state index in [-0.39, 0.29) is 20.1 Å². The molecule has 3 aromatic rings. The monoisotopic (exact) mass is 546 g/mol. The zero-order valence-corrected chi connectivity index (χ0v) is 17.0. The molecule has 1 aliphatic heterocycles. The number of benzene rings is 2. The predicted octanol–water partition coefficient (Wildman–Crippen LogP) is 3.25. The Morgan fingerprint density at radius 2 is 1.43 bits per heavy atom. The van der Waals surface area contributed by atoms with E-state index in [1.807, 2.05) is 54.7 Å². The second-order valence-corrected chi connectivity index (χ2v) is 4.78. The minimum Gasteiger partial charge on any atom is -0.545 e. The fourth-order valence-corrected chi connectivity index (χ4v) is 2.52. The molecule has 0 unspecified atom stereocenters. The molecule has 142 valence electrons. The summed E-state index contributed by atoms with van der Waals surface area (Å²) in [4.78, 5) is 24.2.